The van der Waals surface area contributed by atoms with Crippen LogP contribution in [0.25, 0.3) is 11.0 Å². The Morgan fingerprint density at radius 2 is 1.57 bits per heavy atom. The molecule has 2 fully saturated rings. The maximum Gasteiger partial charge on any atom is 0.229 e. The summed E-state index contributed by atoms with van der Waals surface area (Å²) in [5, 5.41) is 13.2. The summed E-state index contributed by atoms with van der Waals surface area (Å²) in [6, 6.07) is 24.1. The van der Waals surface area contributed by atoms with Crippen LogP contribution in [0.4, 0.5) is 5.95 Å². The fourth-order valence-corrected chi connectivity index (χ4v) is 8.06. The SMILES string of the molecule is COc1ccc(CC2(CCN3CCC(Nc4nc5ccccc5n4Cc4ccc(CO)o4)CC3)CCN(Cc3cc(OC)c(OC)c(OC)c3)C2=O)cc1. The summed E-state index contributed by atoms with van der Waals surface area (Å²) >= 11 is 0. The van der Waals surface area contributed by atoms with Crippen LogP contribution in [0.1, 0.15) is 48.3 Å². The maximum absolute atomic E-state index is 14.5. The second-order valence-corrected chi connectivity index (χ2v) is 14.4. The zero-order chi connectivity index (χ0) is 37.7. The normalized spacial score (nSPS) is 18.0. The number of piperidine rings is 1. The van der Waals surface area contributed by atoms with Crippen molar-refractivity contribution >= 4 is 22.9 Å². The van der Waals surface area contributed by atoms with Crippen LogP contribution in [0.5, 0.6) is 23.0 Å². The number of nitrogens with zero attached hydrogens (tertiary/aromatic N) is 4. The van der Waals surface area contributed by atoms with Gasteiger partial charge in [0.2, 0.25) is 17.6 Å². The lowest BCUT2D eigenvalue weighted by Crippen LogP contribution is -2.43. The molecule has 0 spiro atoms. The number of nitrogens with one attached hydrogen (secondary N) is 1. The fourth-order valence-electron chi connectivity index (χ4n) is 8.06. The number of furan rings is 1. The molecule has 0 saturated carbocycles. The third kappa shape index (κ3) is 7.85. The van der Waals surface area contributed by atoms with E-state index >= 15 is 0 Å². The summed E-state index contributed by atoms with van der Waals surface area (Å²) in [6.45, 7) is 4.23. The first kappa shape index (κ1) is 37.1. The number of aromatic nitrogens is 2. The van der Waals surface area contributed by atoms with Crippen LogP contribution < -0.4 is 24.3 Å². The van der Waals surface area contributed by atoms with Crippen LogP contribution in [0.3, 0.4) is 0 Å². The van der Waals surface area contributed by atoms with E-state index in [0.717, 1.165) is 84.9 Å². The molecule has 4 heterocycles. The van der Waals surface area contributed by atoms with Crippen molar-refractivity contribution in [2.24, 2.45) is 5.41 Å². The Morgan fingerprint density at radius 3 is 2.24 bits per heavy atom. The number of hydrogen-bond acceptors (Lipinski definition) is 10. The zero-order valence-electron chi connectivity index (χ0n) is 31.7. The van der Waals surface area contributed by atoms with Gasteiger partial charge in [-0.3, -0.25) is 4.79 Å². The van der Waals surface area contributed by atoms with Gasteiger partial charge in [-0.25, -0.2) is 4.98 Å². The number of rotatable bonds is 16. The molecule has 5 aromatic rings. The van der Waals surface area contributed by atoms with Crippen molar-refractivity contribution in [3.8, 4) is 23.0 Å². The smallest absolute Gasteiger partial charge is 0.229 e. The molecule has 286 valence electrons. The van der Waals surface area contributed by atoms with Gasteiger partial charge in [-0.05, 0) is 98.3 Å². The lowest BCUT2D eigenvalue weighted by atomic mass is 9.77. The van der Waals surface area contributed by atoms with Crippen molar-refractivity contribution in [1.29, 1.82) is 0 Å². The van der Waals surface area contributed by atoms with E-state index in [2.05, 4.69) is 33.0 Å². The number of imidazole rings is 1. The van der Waals surface area contributed by atoms with Gasteiger partial charge in [-0.2, -0.15) is 0 Å². The van der Waals surface area contributed by atoms with E-state index in [4.69, 9.17) is 28.3 Å². The van der Waals surface area contributed by atoms with Gasteiger partial charge >= 0.3 is 0 Å². The van der Waals surface area contributed by atoms with Crippen LogP contribution in [0.2, 0.25) is 0 Å². The highest BCUT2D eigenvalue weighted by Crippen LogP contribution is 2.42. The van der Waals surface area contributed by atoms with E-state index in [1.807, 2.05) is 59.5 Å². The molecule has 7 rings (SSSR count). The number of fused-ring (bicyclic) bond motifs is 1. The van der Waals surface area contributed by atoms with Crippen LogP contribution >= 0.6 is 0 Å². The van der Waals surface area contributed by atoms with Gasteiger partial charge in [0.05, 0.1) is 51.4 Å². The van der Waals surface area contributed by atoms with Gasteiger partial charge in [0.1, 0.15) is 23.9 Å². The number of ether oxygens (including phenoxy) is 4. The van der Waals surface area contributed by atoms with Crippen molar-refractivity contribution in [1.82, 2.24) is 19.4 Å². The lowest BCUT2D eigenvalue weighted by molar-refractivity contribution is -0.137. The van der Waals surface area contributed by atoms with Gasteiger partial charge in [0.25, 0.3) is 0 Å². The van der Waals surface area contributed by atoms with Crippen molar-refractivity contribution in [3.05, 3.63) is 95.4 Å². The summed E-state index contributed by atoms with van der Waals surface area (Å²) in [4.78, 5) is 24.0. The second kappa shape index (κ2) is 16.4. The van der Waals surface area contributed by atoms with Crippen LogP contribution in [-0.2, 0) is 30.9 Å². The molecule has 12 nitrogen and oxygen atoms in total. The first-order valence-electron chi connectivity index (χ1n) is 18.7. The predicted molar refractivity (Wildman–Crippen MR) is 206 cm³/mol. The monoisotopic (exact) mass is 737 g/mol. The number of methoxy groups -OCH3 is 4. The molecule has 1 atom stereocenters. The molecule has 2 aromatic heterocycles. The van der Waals surface area contributed by atoms with E-state index in [1.165, 1.54) is 0 Å². The minimum atomic E-state index is -0.517. The Morgan fingerprint density at radius 1 is 0.852 bits per heavy atom. The zero-order valence-corrected chi connectivity index (χ0v) is 31.7. The average molecular weight is 738 g/mol. The van der Waals surface area contributed by atoms with E-state index in [9.17, 15) is 9.90 Å². The summed E-state index contributed by atoms with van der Waals surface area (Å²) in [5.74, 6) is 4.82. The third-order valence-electron chi connectivity index (χ3n) is 11.1. The standard InChI is InChI=1S/C42H51N5O7/c1-50-32-11-9-29(10-12-32)25-42(18-22-46(40(42)49)26-30-23-37(51-2)39(53-4)38(24-30)52-3)17-21-45-19-15-31(16-20-45)43-41-44-35-7-5-6-8-36(35)47(41)27-33-13-14-34(28-48)54-33/h5-14,23-24,31,48H,15-22,25-28H2,1-4H3,(H,43,44). The largest absolute Gasteiger partial charge is 0.497 e. The minimum Gasteiger partial charge on any atom is -0.497 e. The number of aliphatic hydroxyl groups excluding tert-OH is 1. The van der Waals surface area contributed by atoms with Gasteiger partial charge in [0, 0.05) is 32.2 Å². The molecule has 1 unspecified atom stereocenters. The van der Waals surface area contributed by atoms with Gasteiger partial charge < -0.3 is 48.2 Å². The van der Waals surface area contributed by atoms with Gasteiger partial charge in [-0.1, -0.05) is 24.3 Å². The number of carbonyl (C=O) groups excluding carboxylic acids is 1. The Labute approximate surface area is 316 Å². The van der Waals surface area contributed by atoms with Crippen LogP contribution in [0.15, 0.2) is 77.2 Å². The molecule has 3 aromatic carbocycles. The third-order valence-corrected chi connectivity index (χ3v) is 11.1. The molecule has 2 saturated heterocycles. The molecular weight excluding hydrogens is 686 g/mol. The van der Waals surface area contributed by atoms with Crippen molar-refractivity contribution in [3.63, 3.8) is 0 Å². The Bertz CT molecular complexity index is 2010. The summed E-state index contributed by atoms with van der Waals surface area (Å²) in [6.07, 6.45) is 4.16. The second-order valence-electron chi connectivity index (χ2n) is 14.4. The average Bonchev–Trinajstić information content (AvgIpc) is 3.90. The van der Waals surface area contributed by atoms with Crippen LogP contribution in [0, 0.1) is 5.41 Å². The van der Waals surface area contributed by atoms with Crippen molar-refractivity contribution in [2.75, 3.05) is 59.9 Å². The molecule has 1 amide bonds. The summed E-state index contributed by atoms with van der Waals surface area (Å²) in [7, 11) is 6.47. The lowest BCUT2D eigenvalue weighted by Gasteiger charge is -2.35. The topological polar surface area (TPSA) is 124 Å². The Hall–Kier alpha value is -5.20. The molecule has 54 heavy (non-hydrogen) atoms. The van der Waals surface area contributed by atoms with Crippen molar-refractivity contribution in [2.45, 2.75) is 57.8 Å². The van der Waals surface area contributed by atoms with E-state index in [1.54, 1.807) is 28.4 Å². The highest BCUT2D eigenvalue weighted by atomic mass is 16.5. The maximum atomic E-state index is 14.5. The molecule has 2 aliphatic rings. The first-order chi connectivity index (χ1) is 26.3. The summed E-state index contributed by atoms with van der Waals surface area (Å²) in [5.41, 5.74) is 3.50. The highest BCUT2D eigenvalue weighted by Gasteiger charge is 2.46. The van der Waals surface area contributed by atoms with E-state index in [-0.39, 0.29) is 18.6 Å². The van der Waals surface area contributed by atoms with Gasteiger partial charge in [0.15, 0.2) is 11.5 Å². The first-order valence-corrected chi connectivity index (χ1v) is 18.7. The highest BCUT2D eigenvalue weighted by molar-refractivity contribution is 5.85. The van der Waals surface area contributed by atoms with Crippen LogP contribution in [-0.4, -0.2) is 91.0 Å². The van der Waals surface area contributed by atoms with E-state index < -0.39 is 5.41 Å². The van der Waals surface area contributed by atoms with E-state index in [0.29, 0.717) is 49.1 Å². The number of para-hydroxylation sites is 2. The van der Waals surface area contributed by atoms with Crippen molar-refractivity contribution < 1.29 is 33.3 Å². The van der Waals surface area contributed by atoms with Gasteiger partial charge in [-0.15, -0.1) is 0 Å². The number of carbonyl (C=O) groups is 1. The number of aliphatic hydroxyl groups is 1. The molecule has 2 N–H and O–H groups in total. The number of amides is 1. The molecular formula is C42H51N5O7. The fraction of sp³-hybridized carbons (Fsp3) is 0.429. The molecule has 0 radical (unpaired) electrons. The molecule has 0 bridgehead atoms. The number of hydrogen-bond donors (Lipinski definition) is 2. The Kier molecular flexibility index (Phi) is 11.3. The number of likely N-dealkylation sites (tertiary alicyclic amines) is 2. The number of benzene rings is 3. The molecule has 2 aliphatic heterocycles. The number of anilines is 1. The minimum absolute atomic E-state index is 0.127. The molecule has 0 aliphatic carbocycles. The summed E-state index contributed by atoms with van der Waals surface area (Å²) < 4.78 is 30.1. The molecule has 12 heteroatoms. The Balaban J connectivity index is 1.03. The quantitative estimate of drug-likeness (QED) is 0.122. The predicted octanol–water partition coefficient (Wildman–Crippen LogP) is 6.13.